The number of nitrogens with one attached hydrogen (secondary N) is 1. The molecule has 1 aliphatic rings. The van der Waals surface area contributed by atoms with Crippen molar-refractivity contribution in [3.05, 3.63) is 66.9 Å². The number of fused-ring (bicyclic) bond motifs is 1. The van der Waals surface area contributed by atoms with Gasteiger partial charge in [-0.05, 0) is 43.2 Å². The number of hydrogen-bond acceptors (Lipinski definition) is 6. The van der Waals surface area contributed by atoms with Crippen LogP contribution in [0.25, 0.3) is 10.8 Å². The predicted octanol–water partition coefficient (Wildman–Crippen LogP) is 5.11. The fourth-order valence-corrected chi connectivity index (χ4v) is 5.55. The molecule has 3 aromatic rings. The van der Waals surface area contributed by atoms with Gasteiger partial charge in [-0.15, -0.1) is 11.8 Å². The summed E-state index contributed by atoms with van der Waals surface area (Å²) in [5, 5.41) is 21.1. The molecule has 4 rings (SSSR count). The molecule has 0 bridgehead atoms. The van der Waals surface area contributed by atoms with E-state index in [0.717, 1.165) is 31.6 Å². The fourth-order valence-electron chi connectivity index (χ4n) is 3.71. The van der Waals surface area contributed by atoms with E-state index in [2.05, 4.69) is 16.2 Å². The number of rotatable bonds is 7. The topological polar surface area (TPSA) is 89.9 Å². The molecule has 162 valence electrons. The number of thioether (sulfide) groups is 1. The van der Waals surface area contributed by atoms with Crippen LogP contribution in [0.1, 0.15) is 12.8 Å². The van der Waals surface area contributed by atoms with Crippen molar-refractivity contribution in [2.45, 2.75) is 22.6 Å². The number of sulfonamides is 1. The molecule has 3 N–H and O–H groups in total. The highest BCUT2D eigenvalue weighted by atomic mass is 32.2. The molecule has 1 saturated heterocycles. The molecule has 31 heavy (non-hydrogen) atoms. The third-order valence-electron chi connectivity index (χ3n) is 5.24. The molecule has 0 radical (unpaired) electrons. The first kappa shape index (κ1) is 21.4. The Bertz CT molecular complexity index is 1220. The Labute approximate surface area is 186 Å². The minimum absolute atomic E-state index is 0.0298. The summed E-state index contributed by atoms with van der Waals surface area (Å²) in [6.45, 7) is 5.44. The summed E-state index contributed by atoms with van der Waals surface area (Å²) >= 11 is 1.18. The average Bonchev–Trinajstić information content (AvgIpc) is 3.30. The first-order valence-corrected chi connectivity index (χ1v) is 12.4. The van der Waals surface area contributed by atoms with E-state index >= 15 is 0 Å². The first-order chi connectivity index (χ1) is 14.8. The van der Waals surface area contributed by atoms with Gasteiger partial charge in [0.2, 0.25) is 0 Å². The largest absolute Gasteiger partial charge is 0.512 e. The zero-order chi connectivity index (χ0) is 22.0. The Morgan fingerprint density at radius 1 is 1.06 bits per heavy atom. The lowest BCUT2D eigenvalue weighted by molar-refractivity contribution is 0.420. The SMILES string of the molecule is C=C(O)CSc1cc(NS(=O)(=O)c2ccc(N3CCCC3)cc2)c2ccccc2c1O. The Balaban J connectivity index is 1.67. The van der Waals surface area contributed by atoms with Crippen molar-refractivity contribution in [2.24, 2.45) is 0 Å². The van der Waals surface area contributed by atoms with Crippen LogP contribution in [0, 0.1) is 0 Å². The molecule has 1 fully saturated rings. The number of anilines is 2. The zero-order valence-electron chi connectivity index (χ0n) is 16.9. The van der Waals surface area contributed by atoms with Gasteiger partial charge in [-0.1, -0.05) is 30.8 Å². The number of aliphatic hydroxyl groups excluding tert-OH is 1. The standard InChI is InChI=1S/C23H24N2O4S2/c1-16(26)15-30-22-14-21(19-6-2-3-7-20(19)23(22)27)24-31(28,29)18-10-8-17(9-11-18)25-12-4-5-13-25/h2-3,6-11,14,24,26-27H,1,4-5,12-13,15H2. The van der Waals surface area contributed by atoms with E-state index in [9.17, 15) is 18.6 Å². The van der Waals surface area contributed by atoms with Gasteiger partial charge in [0, 0.05) is 29.5 Å². The van der Waals surface area contributed by atoms with E-state index in [1.54, 1.807) is 42.5 Å². The van der Waals surface area contributed by atoms with E-state index in [1.165, 1.54) is 11.8 Å². The van der Waals surface area contributed by atoms with Crippen LogP contribution in [0.5, 0.6) is 5.75 Å². The number of aromatic hydroxyl groups is 1. The van der Waals surface area contributed by atoms with Gasteiger partial charge in [0.1, 0.15) is 5.75 Å². The number of benzene rings is 3. The Morgan fingerprint density at radius 3 is 2.35 bits per heavy atom. The van der Waals surface area contributed by atoms with Crippen LogP contribution < -0.4 is 9.62 Å². The maximum Gasteiger partial charge on any atom is 0.261 e. The van der Waals surface area contributed by atoms with Gasteiger partial charge in [-0.2, -0.15) is 0 Å². The Hall–Kier alpha value is -2.84. The molecule has 0 aromatic heterocycles. The summed E-state index contributed by atoms with van der Waals surface area (Å²) in [5.74, 6) is 0.202. The number of hydrogen-bond donors (Lipinski definition) is 3. The van der Waals surface area contributed by atoms with Crippen LogP contribution in [-0.2, 0) is 10.0 Å². The van der Waals surface area contributed by atoms with Crippen LogP contribution >= 0.6 is 11.8 Å². The molecule has 0 saturated carbocycles. The summed E-state index contributed by atoms with van der Waals surface area (Å²) in [6.07, 6.45) is 2.30. The summed E-state index contributed by atoms with van der Waals surface area (Å²) < 4.78 is 28.9. The minimum atomic E-state index is -3.83. The third kappa shape index (κ3) is 4.60. The third-order valence-corrected chi connectivity index (χ3v) is 7.72. The van der Waals surface area contributed by atoms with E-state index in [-0.39, 0.29) is 22.2 Å². The lowest BCUT2D eigenvalue weighted by atomic mass is 10.1. The summed E-state index contributed by atoms with van der Waals surface area (Å²) in [7, 11) is -3.83. The van der Waals surface area contributed by atoms with Gasteiger partial charge in [-0.25, -0.2) is 8.42 Å². The van der Waals surface area contributed by atoms with Crippen molar-refractivity contribution in [3.8, 4) is 5.75 Å². The van der Waals surface area contributed by atoms with Gasteiger partial charge in [0.25, 0.3) is 10.0 Å². The molecule has 8 heteroatoms. The van der Waals surface area contributed by atoms with Crippen molar-refractivity contribution in [2.75, 3.05) is 28.5 Å². The molecule has 0 unspecified atom stereocenters. The van der Waals surface area contributed by atoms with Gasteiger partial charge >= 0.3 is 0 Å². The Kier molecular flexibility index (Phi) is 6.02. The summed E-state index contributed by atoms with van der Waals surface area (Å²) in [4.78, 5) is 2.87. The average molecular weight is 457 g/mol. The van der Waals surface area contributed by atoms with Crippen LogP contribution in [-0.4, -0.2) is 37.5 Å². The molecule has 6 nitrogen and oxygen atoms in total. The number of nitrogens with zero attached hydrogens (tertiary/aromatic N) is 1. The second-order valence-corrected chi connectivity index (χ2v) is 10.2. The zero-order valence-corrected chi connectivity index (χ0v) is 18.5. The normalized spacial score (nSPS) is 14.1. The molecule has 0 atom stereocenters. The smallest absolute Gasteiger partial charge is 0.261 e. The lowest BCUT2D eigenvalue weighted by Crippen LogP contribution is -2.18. The molecule has 3 aromatic carbocycles. The molecular weight excluding hydrogens is 432 g/mol. The van der Waals surface area contributed by atoms with Crippen molar-refractivity contribution in [3.63, 3.8) is 0 Å². The van der Waals surface area contributed by atoms with Crippen LogP contribution in [0.4, 0.5) is 11.4 Å². The second kappa shape index (κ2) is 8.72. The van der Waals surface area contributed by atoms with Crippen molar-refractivity contribution in [1.29, 1.82) is 0 Å². The minimum Gasteiger partial charge on any atom is -0.512 e. The van der Waals surface area contributed by atoms with Gasteiger partial charge in [-0.3, -0.25) is 4.72 Å². The number of phenolic OH excluding ortho intramolecular Hbond substituents is 1. The molecule has 0 spiro atoms. The van der Waals surface area contributed by atoms with Crippen LogP contribution in [0.2, 0.25) is 0 Å². The lowest BCUT2D eigenvalue weighted by Gasteiger charge is -2.18. The molecular formula is C23H24N2O4S2. The fraction of sp³-hybridized carbons (Fsp3) is 0.217. The molecule has 1 aliphatic heterocycles. The monoisotopic (exact) mass is 456 g/mol. The highest BCUT2D eigenvalue weighted by molar-refractivity contribution is 7.99. The van der Waals surface area contributed by atoms with Crippen LogP contribution in [0.3, 0.4) is 0 Å². The van der Waals surface area contributed by atoms with E-state index in [0.29, 0.717) is 21.4 Å². The first-order valence-electron chi connectivity index (χ1n) is 9.97. The van der Waals surface area contributed by atoms with Gasteiger partial charge < -0.3 is 15.1 Å². The summed E-state index contributed by atoms with van der Waals surface area (Å²) in [5.41, 5.74) is 1.39. The van der Waals surface area contributed by atoms with Crippen molar-refractivity contribution < 1.29 is 18.6 Å². The van der Waals surface area contributed by atoms with Crippen molar-refractivity contribution in [1.82, 2.24) is 0 Å². The predicted molar refractivity (Wildman–Crippen MR) is 127 cm³/mol. The maximum atomic E-state index is 13.1. The highest BCUT2D eigenvalue weighted by Crippen LogP contribution is 2.40. The molecule has 0 aliphatic carbocycles. The Morgan fingerprint density at radius 2 is 1.71 bits per heavy atom. The molecule has 1 heterocycles. The van der Waals surface area contributed by atoms with Gasteiger partial charge in [0.15, 0.2) is 0 Å². The van der Waals surface area contributed by atoms with Crippen LogP contribution in [0.15, 0.2) is 76.7 Å². The van der Waals surface area contributed by atoms with E-state index < -0.39 is 10.0 Å². The molecule has 0 amide bonds. The van der Waals surface area contributed by atoms with E-state index in [4.69, 9.17) is 0 Å². The van der Waals surface area contributed by atoms with Crippen molar-refractivity contribution >= 4 is 43.9 Å². The van der Waals surface area contributed by atoms with Gasteiger partial charge in [0.05, 0.1) is 27.0 Å². The quantitative estimate of drug-likeness (QED) is 0.260. The number of aliphatic hydroxyl groups is 1. The second-order valence-electron chi connectivity index (χ2n) is 7.46. The number of phenols is 1. The van der Waals surface area contributed by atoms with E-state index in [1.807, 2.05) is 12.1 Å². The highest BCUT2D eigenvalue weighted by Gasteiger charge is 2.20. The maximum absolute atomic E-state index is 13.1. The summed E-state index contributed by atoms with van der Waals surface area (Å²) in [6, 6.07) is 15.5.